The second-order valence-electron chi connectivity index (χ2n) is 5.52. The molecule has 1 fully saturated rings. The topological polar surface area (TPSA) is 47.7 Å². The van der Waals surface area contributed by atoms with Crippen molar-refractivity contribution in [3.05, 3.63) is 22.7 Å². The number of likely N-dealkylation sites (tertiary alicyclic amines) is 1. The van der Waals surface area contributed by atoms with E-state index in [1.807, 2.05) is 26.0 Å². The smallest absolute Gasteiger partial charge is 0.141 e. The molecule has 1 aromatic carbocycles. The number of nitrogens with two attached hydrogens (primary N) is 1. The molecule has 1 aliphatic heterocycles. The highest BCUT2D eigenvalue weighted by atomic mass is 35.5. The summed E-state index contributed by atoms with van der Waals surface area (Å²) in [7, 11) is 0. The molecule has 1 saturated heterocycles. The molecule has 0 radical (unpaired) electrons. The van der Waals surface area contributed by atoms with Crippen LogP contribution in [0.4, 0.5) is 0 Å². The van der Waals surface area contributed by atoms with Gasteiger partial charge in [0.2, 0.25) is 0 Å². The maximum Gasteiger partial charge on any atom is 0.141 e. The van der Waals surface area contributed by atoms with Crippen LogP contribution in [0.5, 0.6) is 11.5 Å². The van der Waals surface area contributed by atoms with Crippen molar-refractivity contribution in [2.75, 3.05) is 32.8 Å². The van der Waals surface area contributed by atoms with Gasteiger partial charge in [0.05, 0.1) is 18.2 Å². The molecule has 1 aromatic rings. The Hall–Kier alpha value is -0.970. The van der Waals surface area contributed by atoms with Gasteiger partial charge in [0, 0.05) is 17.7 Å². The summed E-state index contributed by atoms with van der Waals surface area (Å²) in [5, 5.41) is 0.640. The maximum absolute atomic E-state index is 6.40. The van der Waals surface area contributed by atoms with Gasteiger partial charge in [0.15, 0.2) is 0 Å². The van der Waals surface area contributed by atoms with Gasteiger partial charge in [0.1, 0.15) is 11.5 Å². The van der Waals surface area contributed by atoms with Crippen LogP contribution in [-0.4, -0.2) is 37.7 Å². The summed E-state index contributed by atoms with van der Waals surface area (Å²) >= 11 is 6.40. The molecule has 1 unspecified atom stereocenters. The molecule has 1 heterocycles. The van der Waals surface area contributed by atoms with Crippen molar-refractivity contribution in [1.82, 2.24) is 4.90 Å². The second-order valence-corrected chi connectivity index (χ2v) is 5.93. The Labute approximate surface area is 138 Å². The highest BCUT2D eigenvalue weighted by Crippen LogP contribution is 2.40. The van der Waals surface area contributed by atoms with Crippen LogP contribution in [-0.2, 0) is 0 Å². The zero-order valence-electron chi connectivity index (χ0n) is 13.6. The molecule has 4 nitrogen and oxygen atoms in total. The third kappa shape index (κ3) is 4.06. The molecule has 0 aromatic heterocycles. The Bertz CT molecular complexity index is 476. The number of halogens is 1. The quantitative estimate of drug-likeness (QED) is 0.792. The van der Waals surface area contributed by atoms with Crippen LogP contribution < -0.4 is 15.2 Å². The fraction of sp³-hybridized carbons (Fsp3) is 0.647. The first-order chi connectivity index (χ1) is 10.7. The summed E-state index contributed by atoms with van der Waals surface area (Å²) in [5.41, 5.74) is 6.98. The van der Waals surface area contributed by atoms with Crippen LogP contribution in [0.3, 0.4) is 0 Å². The van der Waals surface area contributed by atoms with Gasteiger partial charge in [-0.1, -0.05) is 11.6 Å². The molecular weight excluding hydrogens is 300 g/mol. The number of benzene rings is 1. The standard InChI is InChI=1S/C17H27ClN2O2/c1-3-21-16-12-17(22-4-2)14(18)11-13(16)15(7-8-19)20-9-5-6-10-20/h11-12,15H,3-10,19H2,1-2H3. The molecule has 0 amide bonds. The van der Waals surface area contributed by atoms with E-state index in [2.05, 4.69) is 4.90 Å². The molecule has 5 heteroatoms. The summed E-state index contributed by atoms with van der Waals surface area (Å²) in [6.45, 7) is 8.02. The van der Waals surface area contributed by atoms with Gasteiger partial charge in [-0.3, -0.25) is 4.90 Å². The van der Waals surface area contributed by atoms with Crippen molar-refractivity contribution in [1.29, 1.82) is 0 Å². The van der Waals surface area contributed by atoms with Crippen molar-refractivity contribution in [3.63, 3.8) is 0 Å². The molecule has 0 saturated carbocycles. The largest absolute Gasteiger partial charge is 0.493 e. The predicted octanol–water partition coefficient (Wildman–Crippen LogP) is 3.62. The Morgan fingerprint density at radius 1 is 1.14 bits per heavy atom. The second kappa shape index (κ2) is 8.61. The lowest BCUT2D eigenvalue weighted by Gasteiger charge is -2.29. The van der Waals surface area contributed by atoms with E-state index in [0.717, 1.165) is 30.8 Å². The average molecular weight is 327 g/mol. The van der Waals surface area contributed by atoms with Crippen LogP contribution in [0.2, 0.25) is 5.02 Å². The van der Waals surface area contributed by atoms with E-state index in [9.17, 15) is 0 Å². The molecule has 2 rings (SSSR count). The number of nitrogens with zero attached hydrogens (tertiary/aromatic N) is 1. The normalized spacial score (nSPS) is 16.7. The summed E-state index contributed by atoms with van der Waals surface area (Å²) < 4.78 is 11.5. The molecule has 0 bridgehead atoms. The minimum atomic E-state index is 0.266. The number of hydrogen-bond donors (Lipinski definition) is 1. The van der Waals surface area contributed by atoms with Gasteiger partial charge < -0.3 is 15.2 Å². The number of rotatable bonds is 8. The fourth-order valence-corrected chi connectivity index (χ4v) is 3.33. The van der Waals surface area contributed by atoms with Crippen molar-refractivity contribution >= 4 is 11.6 Å². The minimum Gasteiger partial charge on any atom is -0.493 e. The lowest BCUT2D eigenvalue weighted by molar-refractivity contribution is 0.226. The highest BCUT2D eigenvalue weighted by Gasteiger charge is 2.26. The van der Waals surface area contributed by atoms with Gasteiger partial charge in [-0.15, -0.1) is 0 Å². The molecule has 0 spiro atoms. The van der Waals surface area contributed by atoms with Gasteiger partial charge in [-0.05, 0) is 58.8 Å². The summed E-state index contributed by atoms with van der Waals surface area (Å²) in [6.07, 6.45) is 3.40. The SMILES string of the molecule is CCOc1cc(OCC)c(C(CCN)N2CCCC2)cc1Cl. The average Bonchev–Trinajstić information content (AvgIpc) is 3.02. The van der Waals surface area contributed by atoms with Crippen molar-refractivity contribution in [2.24, 2.45) is 5.73 Å². The zero-order chi connectivity index (χ0) is 15.9. The lowest BCUT2D eigenvalue weighted by Crippen LogP contribution is -2.28. The zero-order valence-corrected chi connectivity index (χ0v) is 14.4. The summed E-state index contributed by atoms with van der Waals surface area (Å²) in [5.74, 6) is 1.55. The first kappa shape index (κ1) is 17.4. The molecule has 1 atom stereocenters. The van der Waals surface area contributed by atoms with Gasteiger partial charge in [-0.25, -0.2) is 0 Å². The van der Waals surface area contributed by atoms with Crippen LogP contribution in [0.25, 0.3) is 0 Å². The first-order valence-corrected chi connectivity index (χ1v) is 8.62. The van der Waals surface area contributed by atoms with Crippen molar-refractivity contribution in [3.8, 4) is 11.5 Å². The van der Waals surface area contributed by atoms with E-state index in [1.165, 1.54) is 12.8 Å². The maximum atomic E-state index is 6.40. The molecular formula is C17H27ClN2O2. The van der Waals surface area contributed by atoms with Gasteiger partial charge >= 0.3 is 0 Å². The third-order valence-corrected chi connectivity index (χ3v) is 4.34. The highest BCUT2D eigenvalue weighted by molar-refractivity contribution is 6.32. The van der Waals surface area contributed by atoms with Crippen LogP contribution in [0, 0.1) is 0 Å². The van der Waals surface area contributed by atoms with Crippen LogP contribution >= 0.6 is 11.6 Å². The predicted molar refractivity (Wildman–Crippen MR) is 91.0 cm³/mol. The van der Waals surface area contributed by atoms with Gasteiger partial charge in [-0.2, -0.15) is 0 Å². The van der Waals surface area contributed by atoms with E-state index < -0.39 is 0 Å². The van der Waals surface area contributed by atoms with E-state index in [1.54, 1.807) is 0 Å². The van der Waals surface area contributed by atoms with E-state index in [0.29, 0.717) is 30.5 Å². The van der Waals surface area contributed by atoms with Crippen molar-refractivity contribution < 1.29 is 9.47 Å². The van der Waals surface area contributed by atoms with E-state index in [4.69, 9.17) is 26.8 Å². The fourth-order valence-electron chi connectivity index (χ4n) is 3.10. The Morgan fingerprint density at radius 3 is 2.36 bits per heavy atom. The van der Waals surface area contributed by atoms with Crippen LogP contribution in [0.1, 0.15) is 44.7 Å². The third-order valence-electron chi connectivity index (χ3n) is 4.04. The van der Waals surface area contributed by atoms with E-state index >= 15 is 0 Å². The Kier molecular flexibility index (Phi) is 6.80. The summed E-state index contributed by atoms with van der Waals surface area (Å²) in [4.78, 5) is 2.49. The minimum absolute atomic E-state index is 0.266. The van der Waals surface area contributed by atoms with Crippen molar-refractivity contribution in [2.45, 2.75) is 39.2 Å². The Morgan fingerprint density at radius 2 is 1.77 bits per heavy atom. The molecule has 22 heavy (non-hydrogen) atoms. The Balaban J connectivity index is 2.37. The summed E-state index contributed by atoms with van der Waals surface area (Å²) in [6, 6.07) is 4.18. The molecule has 1 aliphatic rings. The molecule has 2 N–H and O–H groups in total. The molecule has 0 aliphatic carbocycles. The first-order valence-electron chi connectivity index (χ1n) is 8.24. The molecule has 124 valence electrons. The van der Waals surface area contributed by atoms with E-state index in [-0.39, 0.29) is 6.04 Å². The van der Waals surface area contributed by atoms with Crippen LogP contribution in [0.15, 0.2) is 12.1 Å². The van der Waals surface area contributed by atoms with Gasteiger partial charge in [0.25, 0.3) is 0 Å². The lowest BCUT2D eigenvalue weighted by atomic mass is 10.0. The number of hydrogen-bond acceptors (Lipinski definition) is 4. The monoisotopic (exact) mass is 326 g/mol. The number of ether oxygens (including phenoxy) is 2.